The smallest absolute Gasteiger partial charge is 0.248 e. The summed E-state index contributed by atoms with van der Waals surface area (Å²) in [6.07, 6.45) is 3.57. The number of hydrogen-bond donors (Lipinski definition) is 0. The largest absolute Gasteiger partial charge is 0.339 e. The summed E-state index contributed by atoms with van der Waals surface area (Å²) in [4.78, 5) is 13.2. The van der Waals surface area contributed by atoms with Crippen LogP contribution in [0.25, 0.3) is 0 Å². The molecule has 76 valence electrons. The first-order valence-electron chi connectivity index (χ1n) is 5.16. The van der Waals surface area contributed by atoms with Gasteiger partial charge in [0.2, 0.25) is 5.91 Å². The van der Waals surface area contributed by atoms with Gasteiger partial charge in [-0.2, -0.15) is 0 Å². The SMILES string of the molecule is C=C(C)C(=O)N1CCCCC1.CC. The third-order valence-corrected chi connectivity index (χ3v) is 2.01. The zero-order chi connectivity index (χ0) is 10.3. The maximum absolute atomic E-state index is 11.3. The second kappa shape index (κ2) is 6.70. The lowest BCUT2D eigenvalue weighted by Gasteiger charge is -2.26. The van der Waals surface area contributed by atoms with E-state index in [4.69, 9.17) is 0 Å². The second-order valence-electron chi connectivity index (χ2n) is 3.13. The van der Waals surface area contributed by atoms with E-state index < -0.39 is 0 Å². The van der Waals surface area contributed by atoms with Crippen molar-refractivity contribution in [1.29, 1.82) is 0 Å². The minimum Gasteiger partial charge on any atom is -0.339 e. The third-order valence-electron chi connectivity index (χ3n) is 2.01. The Balaban J connectivity index is 0.000000671. The molecule has 2 heteroatoms. The lowest BCUT2D eigenvalue weighted by molar-refractivity contribution is -0.127. The normalized spacial score (nSPS) is 15.8. The summed E-state index contributed by atoms with van der Waals surface area (Å²) in [5.41, 5.74) is 0.659. The molecule has 0 radical (unpaired) electrons. The molecular weight excluding hydrogens is 162 g/mol. The molecule has 0 saturated carbocycles. The fourth-order valence-electron chi connectivity index (χ4n) is 1.37. The maximum Gasteiger partial charge on any atom is 0.248 e. The lowest BCUT2D eigenvalue weighted by Crippen LogP contribution is -2.35. The highest BCUT2D eigenvalue weighted by atomic mass is 16.2. The molecule has 1 fully saturated rings. The van der Waals surface area contributed by atoms with Crippen LogP contribution in [0.2, 0.25) is 0 Å². The first-order chi connectivity index (χ1) is 6.22. The number of nitrogens with zero attached hydrogens (tertiary/aromatic N) is 1. The fourth-order valence-corrected chi connectivity index (χ4v) is 1.37. The van der Waals surface area contributed by atoms with E-state index in [2.05, 4.69) is 6.58 Å². The summed E-state index contributed by atoms with van der Waals surface area (Å²) in [6, 6.07) is 0. The Kier molecular flexibility index (Phi) is 6.29. The highest BCUT2D eigenvalue weighted by molar-refractivity contribution is 5.92. The van der Waals surface area contributed by atoms with Crippen molar-refractivity contribution in [1.82, 2.24) is 4.90 Å². The van der Waals surface area contributed by atoms with E-state index >= 15 is 0 Å². The summed E-state index contributed by atoms with van der Waals surface area (Å²) in [7, 11) is 0. The van der Waals surface area contributed by atoms with Gasteiger partial charge < -0.3 is 4.90 Å². The van der Waals surface area contributed by atoms with Gasteiger partial charge in [0.25, 0.3) is 0 Å². The highest BCUT2D eigenvalue weighted by Gasteiger charge is 2.15. The Morgan fingerprint density at radius 1 is 1.15 bits per heavy atom. The molecule has 0 aromatic carbocycles. The lowest BCUT2D eigenvalue weighted by atomic mass is 10.1. The van der Waals surface area contributed by atoms with Gasteiger partial charge in [0, 0.05) is 18.7 Å². The molecule has 1 aliphatic rings. The zero-order valence-corrected chi connectivity index (χ0v) is 9.10. The number of rotatable bonds is 1. The predicted molar refractivity (Wildman–Crippen MR) is 56.6 cm³/mol. The molecule has 0 unspecified atom stereocenters. The first-order valence-corrected chi connectivity index (χ1v) is 5.16. The van der Waals surface area contributed by atoms with Crippen molar-refractivity contribution >= 4 is 5.91 Å². The van der Waals surface area contributed by atoms with Crippen LogP contribution in [0.15, 0.2) is 12.2 Å². The van der Waals surface area contributed by atoms with Crippen molar-refractivity contribution in [3.05, 3.63) is 12.2 Å². The number of likely N-dealkylation sites (tertiary alicyclic amines) is 1. The molecule has 1 saturated heterocycles. The van der Waals surface area contributed by atoms with Crippen LogP contribution in [0, 0.1) is 0 Å². The Morgan fingerprint density at radius 3 is 2.00 bits per heavy atom. The van der Waals surface area contributed by atoms with Crippen LogP contribution in [0.1, 0.15) is 40.0 Å². The van der Waals surface area contributed by atoms with Gasteiger partial charge in [0.1, 0.15) is 0 Å². The van der Waals surface area contributed by atoms with Crippen LogP contribution in [-0.4, -0.2) is 23.9 Å². The average Bonchev–Trinajstić information content (AvgIpc) is 2.21. The first kappa shape index (κ1) is 12.2. The Bertz CT molecular complexity index is 169. The van der Waals surface area contributed by atoms with E-state index in [1.165, 1.54) is 6.42 Å². The van der Waals surface area contributed by atoms with Gasteiger partial charge >= 0.3 is 0 Å². The van der Waals surface area contributed by atoms with Crippen LogP contribution in [-0.2, 0) is 4.79 Å². The summed E-state index contributed by atoms with van der Waals surface area (Å²) in [6.45, 7) is 11.3. The molecule has 0 N–H and O–H groups in total. The molecule has 1 amide bonds. The molecular formula is C11H21NO. The molecule has 0 bridgehead atoms. The van der Waals surface area contributed by atoms with Crippen LogP contribution in [0.4, 0.5) is 0 Å². The van der Waals surface area contributed by atoms with Crippen LogP contribution < -0.4 is 0 Å². The molecule has 13 heavy (non-hydrogen) atoms. The highest BCUT2D eigenvalue weighted by Crippen LogP contribution is 2.10. The van der Waals surface area contributed by atoms with E-state index in [1.807, 2.05) is 18.7 Å². The van der Waals surface area contributed by atoms with Crippen molar-refractivity contribution in [3.8, 4) is 0 Å². The summed E-state index contributed by atoms with van der Waals surface area (Å²) < 4.78 is 0. The summed E-state index contributed by atoms with van der Waals surface area (Å²) in [5, 5.41) is 0. The topological polar surface area (TPSA) is 20.3 Å². The van der Waals surface area contributed by atoms with Crippen molar-refractivity contribution in [3.63, 3.8) is 0 Å². The van der Waals surface area contributed by atoms with Crippen molar-refractivity contribution < 1.29 is 4.79 Å². The Labute approximate surface area is 81.6 Å². The van der Waals surface area contributed by atoms with Gasteiger partial charge in [-0.1, -0.05) is 20.4 Å². The summed E-state index contributed by atoms with van der Waals surface area (Å²) in [5.74, 6) is 0.129. The van der Waals surface area contributed by atoms with E-state index in [1.54, 1.807) is 6.92 Å². The number of amides is 1. The molecule has 1 heterocycles. The molecule has 2 nitrogen and oxygen atoms in total. The number of piperidine rings is 1. The van der Waals surface area contributed by atoms with Gasteiger partial charge in [-0.25, -0.2) is 0 Å². The standard InChI is InChI=1S/C9H15NO.C2H6/c1-8(2)9(11)10-6-4-3-5-7-10;1-2/h1,3-7H2,2H3;1-2H3. The Hall–Kier alpha value is -0.790. The average molecular weight is 183 g/mol. The van der Waals surface area contributed by atoms with Crippen LogP contribution >= 0.6 is 0 Å². The number of carbonyl (C=O) groups is 1. The molecule has 0 aromatic heterocycles. The third kappa shape index (κ3) is 4.11. The van der Waals surface area contributed by atoms with E-state index in [9.17, 15) is 4.79 Å². The van der Waals surface area contributed by atoms with Gasteiger partial charge in [0.15, 0.2) is 0 Å². The quantitative estimate of drug-likeness (QED) is 0.572. The molecule has 1 rings (SSSR count). The predicted octanol–water partition coefficient (Wildman–Crippen LogP) is 2.60. The van der Waals surface area contributed by atoms with Crippen molar-refractivity contribution in [2.45, 2.75) is 40.0 Å². The monoisotopic (exact) mass is 183 g/mol. The van der Waals surface area contributed by atoms with Crippen LogP contribution in [0.5, 0.6) is 0 Å². The summed E-state index contributed by atoms with van der Waals surface area (Å²) >= 11 is 0. The fraction of sp³-hybridized carbons (Fsp3) is 0.727. The minimum atomic E-state index is 0.129. The van der Waals surface area contributed by atoms with Gasteiger partial charge in [0.05, 0.1) is 0 Å². The van der Waals surface area contributed by atoms with E-state index in [0.29, 0.717) is 5.57 Å². The molecule has 1 aliphatic heterocycles. The van der Waals surface area contributed by atoms with Gasteiger partial charge in [-0.15, -0.1) is 0 Å². The molecule has 0 atom stereocenters. The van der Waals surface area contributed by atoms with Gasteiger partial charge in [-0.3, -0.25) is 4.79 Å². The van der Waals surface area contributed by atoms with E-state index in [0.717, 1.165) is 25.9 Å². The molecule has 0 aromatic rings. The zero-order valence-electron chi connectivity index (χ0n) is 9.10. The maximum atomic E-state index is 11.3. The molecule has 0 spiro atoms. The van der Waals surface area contributed by atoms with Crippen molar-refractivity contribution in [2.75, 3.05) is 13.1 Å². The minimum absolute atomic E-state index is 0.129. The Morgan fingerprint density at radius 2 is 1.62 bits per heavy atom. The van der Waals surface area contributed by atoms with E-state index in [-0.39, 0.29) is 5.91 Å². The second-order valence-corrected chi connectivity index (χ2v) is 3.13. The number of hydrogen-bond acceptors (Lipinski definition) is 1. The molecule has 0 aliphatic carbocycles. The number of carbonyl (C=O) groups excluding carboxylic acids is 1. The van der Waals surface area contributed by atoms with Gasteiger partial charge in [-0.05, 0) is 26.2 Å². The van der Waals surface area contributed by atoms with Crippen LogP contribution in [0.3, 0.4) is 0 Å². The van der Waals surface area contributed by atoms with Crippen molar-refractivity contribution in [2.24, 2.45) is 0 Å².